The molecule has 1 aliphatic heterocycles. The summed E-state index contributed by atoms with van der Waals surface area (Å²) in [5, 5.41) is 4.54. The van der Waals surface area contributed by atoms with Crippen molar-refractivity contribution in [3.05, 3.63) is 71.7 Å². The second-order valence-electron chi connectivity index (χ2n) is 11.6. The monoisotopic (exact) mass is 649 g/mol. The Morgan fingerprint density at radius 1 is 1.00 bits per heavy atom. The van der Waals surface area contributed by atoms with Gasteiger partial charge in [-0.1, -0.05) is 24.3 Å². The van der Waals surface area contributed by atoms with Crippen LogP contribution < -0.4 is 14.5 Å². The number of benzene rings is 2. The third kappa shape index (κ3) is 7.29. The van der Waals surface area contributed by atoms with Gasteiger partial charge in [0.2, 0.25) is 18.3 Å². The summed E-state index contributed by atoms with van der Waals surface area (Å²) in [4.78, 5) is 18.9. The molecule has 0 N–H and O–H groups in total. The number of methoxy groups -OCH3 is 1. The van der Waals surface area contributed by atoms with Gasteiger partial charge in [-0.05, 0) is 29.8 Å². The summed E-state index contributed by atoms with van der Waals surface area (Å²) in [5.74, 6) is 2.47. The summed E-state index contributed by atoms with van der Waals surface area (Å²) in [6, 6.07) is 16.9. The van der Waals surface area contributed by atoms with Crippen LogP contribution in [0.4, 0.5) is 20.7 Å². The molecule has 6 rings (SSSR count). The van der Waals surface area contributed by atoms with Gasteiger partial charge in [-0.25, -0.2) is 13.8 Å². The lowest BCUT2D eigenvalue weighted by molar-refractivity contribution is 0.0882. The van der Waals surface area contributed by atoms with E-state index in [1.54, 1.807) is 11.6 Å². The molecule has 2 aromatic carbocycles. The SMILES string of the molecule is COc1ccc(CN(Cc2nc3ccccc3n2COCC[Si+](C)C)c2nc(N3CCOCC3)nc3c(CC(F)F)cnn23)cc1. The van der Waals surface area contributed by atoms with Crippen molar-refractivity contribution < 1.29 is 23.0 Å². The quantitative estimate of drug-likeness (QED) is 0.121. The summed E-state index contributed by atoms with van der Waals surface area (Å²) in [6.07, 6.45) is -1.52. The maximum atomic E-state index is 13.6. The van der Waals surface area contributed by atoms with Crippen molar-refractivity contribution in [2.24, 2.45) is 0 Å². The first-order chi connectivity index (χ1) is 22.4. The van der Waals surface area contributed by atoms with E-state index < -0.39 is 21.6 Å². The number of nitrogens with zero attached hydrogens (tertiary/aromatic N) is 8. The molecular formula is C32H39F2N8O3Si+. The Kier molecular flexibility index (Phi) is 10.0. The first-order valence-electron chi connectivity index (χ1n) is 15.4. The van der Waals surface area contributed by atoms with Gasteiger partial charge in [0.1, 0.15) is 18.3 Å². The van der Waals surface area contributed by atoms with Crippen LogP contribution >= 0.6 is 0 Å². The van der Waals surface area contributed by atoms with Gasteiger partial charge < -0.3 is 28.6 Å². The molecule has 0 amide bonds. The largest absolute Gasteiger partial charge is 0.497 e. The number of ether oxygens (including phenoxy) is 3. The fourth-order valence-electron chi connectivity index (χ4n) is 5.46. The molecule has 1 saturated heterocycles. The topological polar surface area (TPSA) is 95.1 Å². The van der Waals surface area contributed by atoms with E-state index in [2.05, 4.69) is 27.7 Å². The van der Waals surface area contributed by atoms with E-state index in [0.717, 1.165) is 34.2 Å². The Bertz CT molecular complexity index is 1740. The zero-order chi connectivity index (χ0) is 32.0. The molecule has 0 bridgehead atoms. The standard InChI is InChI=1S/C32H39F2N8O3Si/c1-43-25-10-8-23(9-11-25)20-40(21-29-36-26-6-4-5-7-27(26)41(29)22-45-16-17-46(2)3)32-38-31(39-12-14-44-15-13-39)37-30-24(18-28(33)34)19-35-42(30)32/h4-11,19,28H,12-18,20-22H2,1-3H3/q+1. The van der Waals surface area contributed by atoms with Gasteiger partial charge in [-0.15, -0.1) is 0 Å². The minimum absolute atomic E-state index is 0.347. The lowest BCUT2D eigenvalue weighted by Crippen LogP contribution is -2.38. The van der Waals surface area contributed by atoms with Gasteiger partial charge in [0, 0.05) is 31.6 Å². The van der Waals surface area contributed by atoms with Gasteiger partial charge in [-0.3, -0.25) is 0 Å². The van der Waals surface area contributed by atoms with E-state index in [1.165, 1.54) is 6.20 Å². The number of fused-ring (bicyclic) bond motifs is 2. The first kappa shape index (κ1) is 31.8. The molecule has 14 heteroatoms. The molecule has 0 spiro atoms. The predicted octanol–water partition coefficient (Wildman–Crippen LogP) is 5.06. The van der Waals surface area contributed by atoms with E-state index in [1.807, 2.05) is 53.4 Å². The zero-order valence-corrected chi connectivity index (χ0v) is 27.4. The van der Waals surface area contributed by atoms with Gasteiger partial charge in [0.25, 0.3) is 0 Å². The van der Waals surface area contributed by atoms with Gasteiger partial charge >= 0.3 is 8.80 Å². The summed E-state index contributed by atoms with van der Waals surface area (Å²) in [7, 11) is 1.23. The van der Waals surface area contributed by atoms with E-state index in [9.17, 15) is 8.78 Å². The van der Waals surface area contributed by atoms with E-state index in [-0.39, 0.29) is 0 Å². The van der Waals surface area contributed by atoms with Crippen LogP contribution in [0.15, 0.2) is 54.7 Å². The van der Waals surface area contributed by atoms with Crippen LogP contribution in [0.1, 0.15) is 17.0 Å². The van der Waals surface area contributed by atoms with Crippen molar-refractivity contribution >= 4 is 37.4 Å². The fourth-order valence-corrected chi connectivity index (χ4v) is 6.01. The van der Waals surface area contributed by atoms with Crippen LogP contribution in [0, 0.1) is 0 Å². The molecule has 0 unspecified atom stereocenters. The Morgan fingerprint density at radius 2 is 1.78 bits per heavy atom. The number of anilines is 2. The molecule has 242 valence electrons. The highest BCUT2D eigenvalue weighted by Gasteiger charge is 2.25. The van der Waals surface area contributed by atoms with Crippen LogP contribution in [-0.2, 0) is 35.7 Å². The molecule has 4 heterocycles. The molecule has 1 fully saturated rings. The first-order valence-corrected chi connectivity index (χ1v) is 18.1. The lowest BCUT2D eigenvalue weighted by Gasteiger charge is -2.29. The van der Waals surface area contributed by atoms with Crippen molar-refractivity contribution in [2.45, 2.75) is 51.8 Å². The molecule has 0 atom stereocenters. The van der Waals surface area contributed by atoms with Crippen molar-refractivity contribution in [2.75, 3.05) is 49.8 Å². The summed E-state index contributed by atoms with van der Waals surface area (Å²) >= 11 is 0. The average molecular weight is 650 g/mol. The molecule has 46 heavy (non-hydrogen) atoms. The van der Waals surface area contributed by atoms with Gasteiger partial charge in [0.05, 0.1) is 69.8 Å². The fraction of sp³-hybridized carbons (Fsp3) is 0.438. The number of imidazole rings is 1. The van der Waals surface area contributed by atoms with Crippen molar-refractivity contribution in [3.63, 3.8) is 0 Å². The highest BCUT2D eigenvalue weighted by Crippen LogP contribution is 2.27. The normalized spacial score (nSPS) is 13.7. The minimum Gasteiger partial charge on any atom is -0.497 e. The number of hydrogen-bond donors (Lipinski definition) is 0. The number of morpholine rings is 1. The summed E-state index contributed by atoms with van der Waals surface area (Å²) in [6.45, 7) is 8.63. The molecule has 0 radical (unpaired) electrons. The average Bonchev–Trinajstić information content (AvgIpc) is 3.63. The molecule has 1 aliphatic rings. The number of para-hydroxylation sites is 2. The van der Waals surface area contributed by atoms with Gasteiger partial charge in [0.15, 0.2) is 5.65 Å². The smallest absolute Gasteiger partial charge is 0.310 e. The minimum atomic E-state index is -2.54. The van der Waals surface area contributed by atoms with Crippen molar-refractivity contribution in [1.82, 2.24) is 29.1 Å². The van der Waals surface area contributed by atoms with Crippen LogP contribution in [0.25, 0.3) is 16.7 Å². The number of aromatic nitrogens is 6. The van der Waals surface area contributed by atoms with Gasteiger partial charge in [-0.2, -0.15) is 19.6 Å². The molecular weight excluding hydrogens is 610 g/mol. The highest BCUT2D eigenvalue weighted by atomic mass is 28.3. The molecule has 0 aliphatic carbocycles. The lowest BCUT2D eigenvalue weighted by atomic mass is 10.2. The van der Waals surface area contributed by atoms with Crippen molar-refractivity contribution in [1.29, 1.82) is 0 Å². The third-order valence-corrected chi connectivity index (χ3v) is 9.13. The Balaban J connectivity index is 1.45. The Hall–Kier alpha value is -4.14. The Labute approximate surface area is 268 Å². The molecule has 3 aromatic heterocycles. The third-order valence-electron chi connectivity index (χ3n) is 7.93. The number of rotatable bonds is 14. The summed E-state index contributed by atoms with van der Waals surface area (Å²) in [5.41, 5.74) is 3.56. The maximum Gasteiger partial charge on any atom is 0.310 e. The zero-order valence-electron chi connectivity index (χ0n) is 26.4. The van der Waals surface area contributed by atoms with E-state index >= 15 is 0 Å². The number of alkyl halides is 2. The highest BCUT2D eigenvalue weighted by molar-refractivity contribution is 6.55. The second kappa shape index (κ2) is 14.5. The molecule has 5 aromatic rings. The molecule has 0 saturated carbocycles. The second-order valence-corrected chi connectivity index (χ2v) is 14.5. The number of hydrogen-bond acceptors (Lipinski definition) is 9. The van der Waals surface area contributed by atoms with Crippen LogP contribution in [0.2, 0.25) is 19.1 Å². The van der Waals surface area contributed by atoms with E-state index in [0.29, 0.717) is 75.8 Å². The van der Waals surface area contributed by atoms with Crippen molar-refractivity contribution in [3.8, 4) is 5.75 Å². The van der Waals surface area contributed by atoms with Crippen LogP contribution in [-0.4, -0.2) is 84.4 Å². The predicted molar refractivity (Wildman–Crippen MR) is 174 cm³/mol. The molecule has 11 nitrogen and oxygen atoms in total. The number of halogens is 2. The Morgan fingerprint density at radius 3 is 2.52 bits per heavy atom. The van der Waals surface area contributed by atoms with Crippen LogP contribution in [0.3, 0.4) is 0 Å². The summed E-state index contributed by atoms with van der Waals surface area (Å²) < 4.78 is 48.1. The van der Waals surface area contributed by atoms with E-state index in [4.69, 9.17) is 29.2 Å². The maximum absolute atomic E-state index is 13.6. The van der Waals surface area contributed by atoms with Crippen LogP contribution in [0.5, 0.6) is 5.75 Å².